The van der Waals surface area contributed by atoms with E-state index in [9.17, 15) is 19.1 Å². The summed E-state index contributed by atoms with van der Waals surface area (Å²) in [6.45, 7) is 3.26. The van der Waals surface area contributed by atoms with Crippen LogP contribution in [-0.2, 0) is 4.79 Å². The van der Waals surface area contributed by atoms with Gasteiger partial charge in [-0.25, -0.2) is 4.39 Å². The number of carboxylic acid groups (broad SMARTS) is 1. The van der Waals surface area contributed by atoms with E-state index in [0.29, 0.717) is 10.9 Å². The van der Waals surface area contributed by atoms with Crippen molar-refractivity contribution in [2.45, 2.75) is 19.8 Å². The van der Waals surface area contributed by atoms with Crippen molar-refractivity contribution in [3.8, 4) is 0 Å². The van der Waals surface area contributed by atoms with Gasteiger partial charge in [0.1, 0.15) is 11.5 Å². The van der Waals surface area contributed by atoms with E-state index in [2.05, 4.69) is 9.97 Å². The normalized spacial score (nSPS) is 12.3. The molecule has 0 radical (unpaired) electrons. The third-order valence-electron chi connectivity index (χ3n) is 4.06. The van der Waals surface area contributed by atoms with Crippen molar-refractivity contribution in [2.75, 3.05) is 0 Å². The van der Waals surface area contributed by atoms with Gasteiger partial charge in [-0.3, -0.25) is 14.6 Å². The number of benzene rings is 1. The number of carbonyl (C=O) groups excluding carboxylic acids is 1. The van der Waals surface area contributed by atoms with Crippen LogP contribution in [0.5, 0.6) is 0 Å². The van der Waals surface area contributed by atoms with Gasteiger partial charge in [0, 0.05) is 22.7 Å². The van der Waals surface area contributed by atoms with Crippen LogP contribution < -0.4 is 0 Å². The highest BCUT2D eigenvalue weighted by molar-refractivity contribution is 6.31. The number of halogens is 2. The Morgan fingerprint density at radius 3 is 2.68 bits per heavy atom. The number of aromatic amines is 1. The maximum absolute atomic E-state index is 13.9. The van der Waals surface area contributed by atoms with Crippen LogP contribution in [0.15, 0.2) is 30.5 Å². The number of hydrogen-bond acceptors (Lipinski definition) is 3. The predicted octanol–water partition coefficient (Wildman–Crippen LogP) is 4.08. The second-order valence-corrected chi connectivity index (χ2v) is 6.24. The molecule has 0 fully saturated rings. The fourth-order valence-corrected chi connectivity index (χ4v) is 2.91. The molecule has 0 spiro atoms. The molecule has 5 nitrogen and oxygen atoms in total. The molecule has 2 N–H and O–H groups in total. The summed E-state index contributed by atoms with van der Waals surface area (Å²) in [5.41, 5.74) is 1.70. The molecule has 3 rings (SSSR count). The first kappa shape index (κ1) is 17.1. The fourth-order valence-electron chi connectivity index (χ4n) is 2.75. The molecular weight excluding hydrogens is 347 g/mol. The molecule has 3 aromatic rings. The number of hydrogen-bond donors (Lipinski definition) is 2. The van der Waals surface area contributed by atoms with E-state index < -0.39 is 23.5 Å². The highest BCUT2D eigenvalue weighted by Crippen LogP contribution is 2.33. The van der Waals surface area contributed by atoms with Crippen molar-refractivity contribution in [1.29, 1.82) is 0 Å². The topological polar surface area (TPSA) is 83.0 Å². The van der Waals surface area contributed by atoms with Gasteiger partial charge in [-0.05, 0) is 43.7 Å². The molecule has 0 saturated heterocycles. The minimum absolute atomic E-state index is 0.0738. The molecule has 128 valence electrons. The summed E-state index contributed by atoms with van der Waals surface area (Å²) in [5.74, 6) is -3.28. The van der Waals surface area contributed by atoms with Crippen molar-refractivity contribution in [1.82, 2.24) is 9.97 Å². The van der Waals surface area contributed by atoms with Gasteiger partial charge in [0.05, 0.1) is 16.6 Å². The number of H-pyrrole nitrogens is 1. The third kappa shape index (κ3) is 3.00. The third-order valence-corrected chi connectivity index (χ3v) is 4.35. The van der Waals surface area contributed by atoms with Gasteiger partial charge in [-0.2, -0.15) is 0 Å². The summed E-state index contributed by atoms with van der Waals surface area (Å²) in [7, 11) is 0. The number of nitrogens with one attached hydrogen (secondary N) is 1. The maximum atomic E-state index is 13.9. The average molecular weight is 361 g/mol. The number of nitrogens with zero attached hydrogens (tertiary/aromatic N) is 1. The summed E-state index contributed by atoms with van der Waals surface area (Å²) < 4.78 is 13.9. The van der Waals surface area contributed by atoms with Crippen molar-refractivity contribution >= 4 is 34.3 Å². The minimum atomic E-state index is -1.12. The zero-order valence-electron chi connectivity index (χ0n) is 13.4. The Hall–Kier alpha value is -2.73. The largest absolute Gasteiger partial charge is 0.481 e. The van der Waals surface area contributed by atoms with E-state index in [4.69, 9.17) is 11.6 Å². The van der Waals surface area contributed by atoms with E-state index in [1.165, 1.54) is 19.2 Å². The van der Waals surface area contributed by atoms with Crippen LogP contribution in [0.3, 0.4) is 0 Å². The average Bonchev–Trinajstić information content (AvgIpc) is 2.91. The molecule has 0 amide bonds. The molecule has 2 heterocycles. The second-order valence-electron chi connectivity index (χ2n) is 5.83. The summed E-state index contributed by atoms with van der Waals surface area (Å²) >= 11 is 5.80. The number of aliphatic carboxylic acids is 1. The lowest BCUT2D eigenvalue weighted by Crippen LogP contribution is -2.13. The molecular formula is C18H14ClFN2O3. The minimum Gasteiger partial charge on any atom is -0.481 e. The van der Waals surface area contributed by atoms with Gasteiger partial charge >= 0.3 is 5.97 Å². The SMILES string of the molecule is Cc1ccnc(C(=O)c2[nH]c3cc(Cl)c(F)cc3c2C(C)C(=O)O)c1. The van der Waals surface area contributed by atoms with Crippen molar-refractivity contribution in [3.05, 3.63) is 63.8 Å². The van der Waals surface area contributed by atoms with Gasteiger partial charge in [-0.1, -0.05) is 11.6 Å². The number of ketones is 1. The van der Waals surface area contributed by atoms with Crippen LogP contribution >= 0.6 is 11.6 Å². The number of aryl methyl sites for hydroxylation is 1. The Morgan fingerprint density at radius 2 is 2.04 bits per heavy atom. The zero-order valence-corrected chi connectivity index (χ0v) is 14.2. The summed E-state index contributed by atoms with van der Waals surface area (Å²) in [6.07, 6.45) is 1.50. The number of carbonyl (C=O) groups is 2. The first-order chi connectivity index (χ1) is 11.8. The highest BCUT2D eigenvalue weighted by Gasteiger charge is 2.28. The summed E-state index contributed by atoms with van der Waals surface area (Å²) in [6, 6.07) is 5.84. The molecule has 2 aromatic heterocycles. The Balaban J connectivity index is 2.28. The van der Waals surface area contributed by atoms with Gasteiger partial charge in [-0.15, -0.1) is 0 Å². The Morgan fingerprint density at radius 1 is 1.32 bits per heavy atom. The predicted molar refractivity (Wildman–Crippen MR) is 91.7 cm³/mol. The molecule has 1 aromatic carbocycles. The molecule has 25 heavy (non-hydrogen) atoms. The summed E-state index contributed by atoms with van der Waals surface area (Å²) in [4.78, 5) is 31.3. The zero-order chi connectivity index (χ0) is 18.3. The number of fused-ring (bicyclic) bond motifs is 1. The van der Waals surface area contributed by atoms with Crippen molar-refractivity contribution in [3.63, 3.8) is 0 Å². The molecule has 7 heteroatoms. The first-order valence-electron chi connectivity index (χ1n) is 7.50. The second kappa shape index (κ2) is 6.29. The molecule has 0 aliphatic rings. The van der Waals surface area contributed by atoms with Gasteiger partial charge in [0.2, 0.25) is 5.78 Å². The number of aromatic nitrogens is 2. The standard InChI is InChI=1S/C18H14ClFN2O3/c1-8-3-4-21-14(5-8)17(23)16-15(9(2)18(24)25)10-6-12(20)11(19)7-13(10)22-16/h3-7,9,22H,1-2H3,(H,24,25). The maximum Gasteiger partial charge on any atom is 0.310 e. The van der Waals surface area contributed by atoms with Crippen LogP contribution in [-0.4, -0.2) is 26.8 Å². The van der Waals surface area contributed by atoms with E-state index in [-0.39, 0.29) is 22.0 Å². The fraction of sp³-hybridized carbons (Fsp3) is 0.167. The quantitative estimate of drug-likeness (QED) is 0.686. The monoisotopic (exact) mass is 360 g/mol. The molecule has 0 saturated carbocycles. The Kier molecular flexibility index (Phi) is 4.30. The molecule has 0 bridgehead atoms. The van der Waals surface area contributed by atoms with E-state index in [1.54, 1.807) is 12.1 Å². The summed E-state index contributed by atoms with van der Waals surface area (Å²) in [5, 5.41) is 9.60. The number of pyridine rings is 1. The van der Waals surface area contributed by atoms with Crippen molar-refractivity contribution < 1.29 is 19.1 Å². The van der Waals surface area contributed by atoms with Crippen LogP contribution in [0.1, 0.15) is 40.2 Å². The Labute approximate surface area is 147 Å². The van der Waals surface area contributed by atoms with Gasteiger partial charge in [0.15, 0.2) is 0 Å². The van der Waals surface area contributed by atoms with E-state index in [1.807, 2.05) is 6.92 Å². The smallest absolute Gasteiger partial charge is 0.310 e. The number of rotatable bonds is 4. The lowest BCUT2D eigenvalue weighted by molar-refractivity contribution is -0.138. The molecule has 1 unspecified atom stereocenters. The molecule has 0 aliphatic heterocycles. The lowest BCUT2D eigenvalue weighted by Gasteiger charge is -2.09. The number of carboxylic acids is 1. The van der Waals surface area contributed by atoms with Crippen LogP contribution in [0.4, 0.5) is 4.39 Å². The van der Waals surface area contributed by atoms with Crippen molar-refractivity contribution in [2.24, 2.45) is 0 Å². The molecule has 1 atom stereocenters. The van der Waals surface area contributed by atoms with Crippen LogP contribution in [0, 0.1) is 12.7 Å². The van der Waals surface area contributed by atoms with Crippen LogP contribution in [0.2, 0.25) is 5.02 Å². The Bertz CT molecular complexity index is 1010. The lowest BCUT2D eigenvalue weighted by atomic mass is 9.95. The molecule has 0 aliphatic carbocycles. The van der Waals surface area contributed by atoms with Gasteiger partial charge in [0.25, 0.3) is 0 Å². The van der Waals surface area contributed by atoms with E-state index >= 15 is 0 Å². The van der Waals surface area contributed by atoms with E-state index in [0.717, 1.165) is 11.6 Å². The first-order valence-corrected chi connectivity index (χ1v) is 7.88. The van der Waals surface area contributed by atoms with Gasteiger partial charge < -0.3 is 10.1 Å². The van der Waals surface area contributed by atoms with Crippen LogP contribution in [0.25, 0.3) is 10.9 Å². The highest BCUT2D eigenvalue weighted by atomic mass is 35.5.